The highest BCUT2D eigenvalue weighted by molar-refractivity contribution is 5.02. The van der Waals surface area contributed by atoms with Crippen LogP contribution in [0.1, 0.15) is 20.8 Å². The van der Waals surface area contributed by atoms with Crippen molar-refractivity contribution >= 4 is 0 Å². The van der Waals surface area contributed by atoms with Crippen LogP contribution in [-0.4, -0.2) is 31.1 Å². The van der Waals surface area contributed by atoms with Gasteiger partial charge in [0.25, 0.3) is 0 Å². The van der Waals surface area contributed by atoms with Crippen molar-refractivity contribution in [2.24, 2.45) is 0 Å². The Labute approximate surface area is 70.3 Å². The molecule has 0 aliphatic rings. The first kappa shape index (κ1) is 10.5. The van der Waals surface area contributed by atoms with Gasteiger partial charge in [0.1, 0.15) is 0 Å². The molecule has 0 saturated heterocycles. The minimum atomic E-state index is 0.363. The highest BCUT2D eigenvalue weighted by Gasteiger charge is 2.10. The van der Waals surface area contributed by atoms with E-state index in [1.165, 1.54) is 0 Å². The molecule has 0 fully saturated rings. The molecule has 0 aromatic rings. The van der Waals surface area contributed by atoms with Gasteiger partial charge in [-0.3, -0.25) is 0 Å². The molecule has 0 heterocycles. The molecule has 0 aromatic carbocycles. The van der Waals surface area contributed by atoms with E-state index in [4.69, 9.17) is 0 Å². The molecule has 0 radical (unpaired) electrons. The molecule has 0 amide bonds. The number of rotatable bonds is 4. The Morgan fingerprint density at radius 2 is 1.82 bits per heavy atom. The fourth-order valence-electron chi connectivity index (χ4n) is 0.804. The number of nitrogens with zero attached hydrogens (tertiary/aromatic N) is 1. The van der Waals surface area contributed by atoms with Crippen LogP contribution < -0.4 is 5.32 Å². The van der Waals surface area contributed by atoms with Gasteiger partial charge in [-0.15, -0.1) is 0 Å². The molecular formula is C9H20N2. The van der Waals surface area contributed by atoms with Crippen LogP contribution in [0.3, 0.4) is 0 Å². The van der Waals surface area contributed by atoms with Crippen molar-refractivity contribution in [2.45, 2.75) is 32.9 Å². The second-order valence-electron chi connectivity index (χ2n) is 3.21. The lowest BCUT2D eigenvalue weighted by atomic mass is 10.2. The maximum absolute atomic E-state index is 4.01. The zero-order valence-corrected chi connectivity index (χ0v) is 8.31. The van der Waals surface area contributed by atoms with Crippen molar-refractivity contribution in [3.05, 3.63) is 12.3 Å². The van der Waals surface area contributed by atoms with E-state index in [2.05, 4.69) is 44.6 Å². The van der Waals surface area contributed by atoms with Crippen molar-refractivity contribution < 1.29 is 0 Å². The minimum Gasteiger partial charge on any atom is -0.375 e. The molecule has 2 nitrogen and oxygen atoms in total. The van der Waals surface area contributed by atoms with E-state index < -0.39 is 0 Å². The Morgan fingerprint density at radius 3 is 2.09 bits per heavy atom. The van der Waals surface area contributed by atoms with Crippen molar-refractivity contribution in [3.8, 4) is 0 Å². The molecular weight excluding hydrogens is 136 g/mol. The number of likely N-dealkylation sites (N-methyl/N-ethyl adjacent to an activating group) is 2. The van der Waals surface area contributed by atoms with E-state index in [-0.39, 0.29) is 0 Å². The van der Waals surface area contributed by atoms with Crippen molar-refractivity contribution in [2.75, 3.05) is 14.1 Å². The predicted molar refractivity (Wildman–Crippen MR) is 50.6 cm³/mol. The van der Waals surface area contributed by atoms with Gasteiger partial charge in [0.15, 0.2) is 0 Å². The number of nitrogens with one attached hydrogen (secondary N) is 1. The third kappa shape index (κ3) is 2.93. The van der Waals surface area contributed by atoms with Crippen LogP contribution in [0.15, 0.2) is 12.3 Å². The Morgan fingerprint density at radius 1 is 1.36 bits per heavy atom. The smallest absolute Gasteiger partial charge is 0.0434 e. The normalized spacial score (nSPS) is 13.3. The van der Waals surface area contributed by atoms with Crippen LogP contribution in [0, 0.1) is 0 Å². The Balaban J connectivity index is 4.02. The lowest BCUT2D eigenvalue weighted by Crippen LogP contribution is -2.35. The average molecular weight is 156 g/mol. The van der Waals surface area contributed by atoms with Crippen LogP contribution in [0.2, 0.25) is 0 Å². The van der Waals surface area contributed by atoms with E-state index in [0.29, 0.717) is 12.1 Å². The third-order valence-electron chi connectivity index (χ3n) is 2.16. The summed E-state index contributed by atoms with van der Waals surface area (Å²) in [7, 11) is 4.02. The highest BCUT2D eigenvalue weighted by Crippen LogP contribution is 2.07. The molecule has 0 aliphatic heterocycles. The summed E-state index contributed by atoms with van der Waals surface area (Å²) in [6.45, 7) is 10.4. The SMILES string of the molecule is C=C(C(C)NC)N(C)C(C)C. The molecule has 11 heavy (non-hydrogen) atoms. The topological polar surface area (TPSA) is 15.3 Å². The second kappa shape index (κ2) is 4.39. The van der Waals surface area contributed by atoms with E-state index in [1.807, 2.05) is 7.05 Å². The lowest BCUT2D eigenvalue weighted by Gasteiger charge is -2.29. The first-order valence-electron chi connectivity index (χ1n) is 4.09. The standard InChI is InChI=1S/C9H20N2/c1-7(2)11(6)9(4)8(3)10-5/h7-8,10H,4H2,1-3,5-6H3. The first-order valence-corrected chi connectivity index (χ1v) is 4.09. The lowest BCUT2D eigenvalue weighted by molar-refractivity contribution is 0.318. The van der Waals surface area contributed by atoms with E-state index >= 15 is 0 Å². The van der Waals surface area contributed by atoms with Gasteiger partial charge in [-0.1, -0.05) is 6.58 Å². The summed E-state index contributed by atoms with van der Waals surface area (Å²) in [5.74, 6) is 0. The molecule has 1 atom stereocenters. The summed E-state index contributed by atoms with van der Waals surface area (Å²) in [5, 5.41) is 3.16. The quantitative estimate of drug-likeness (QED) is 0.662. The van der Waals surface area contributed by atoms with E-state index in [1.54, 1.807) is 0 Å². The maximum Gasteiger partial charge on any atom is 0.0434 e. The third-order valence-corrected chi connectivity index (χ3v) is 2.16. The maximum atomic E-state index is 4.01. The summed E-state index contributed by atoms with van der Waals surface area (Å²) in [5.41, 5.74) is 1.14. The molecule has 0 spiro atoms. The summed E-state index contributed by atoms with van der Waals surface area (Å²) < 4.78 is 0. The van der Waals surface area contributed by atoms with Gasteiger partial charge in [-0.25, -0.2) is 0 Å². The van der Waals surface area contributed by atoms with Gasteiger partial charge < -0.3 is 10.2 Å². The van der Waals surface area contributed by atoms with E-state index in [0.717, 1.165) is 5.70 Å². The van der Waals surface area contributed by atoms with Gasteiger partial charge in [-0.05, 0) is 27.8 Å². The fourth-order valence-corrected chi connectivity index (χ4v) is 0.804. The molecule has 0 rings (SSSR count). The van der Waals surface area contributed by atoms with Crippen molar-refractivity contribution in [3.63, 3.8) is 0 Å². The molecule has 66 valence electrons. The molecule has 0 aromatic heterocycles. The summed E-state index contributed by atoms with van der Waals surface area (Å²) in [6, 6.07) is 0.890. The zero-order valence-electron chi connectivity index (χ0n) is 8.31. The minimum absolute atomic E-state index is 0.363. The number of hydrogen-bond acceptors (Lipinski definition) is 2. The molecule has 0 bridgehead atoms. The van der Waals surface area contributed by atoms with Gasteiger partial charge >= 0.3 is 0 Å². The van der Waals surface area contributed by atoms with Gasteiger partial charge in [0.2, 0.25) is 0 Å². The summed E-state index contributed by atoms with van der Waals surface area (Å²) in [4.78, 5) is 2.18. The monoisotopic (exact) mass is 156 g/mol. The van der Waals surface area contributed by atoms with Crippen LogP contribution >= 0.6 is 0 Å². The van der Waals surface area contributed by atoms with Gasteiger partial charge in [-0.2, -0.15) is 0 Å². The highest BCUT2D eigenvalue weighted by atomic mass is 15.2. The molecule has 0 aliphatic carbocycles. The molecule has 1 unspecified atom stereocenters. The summed E-state index contributed by atoms with van der Waals surface area (Å²) >= 11 is 0. The Kier molecular flexibility index (Phi) is 4.19. The largest absolute Gasteiger partial charge is 0.375 e. The Hall–Kier alpha value is -0.500. The Bertz CT molecular complexity index is 130. The average Bonchev–Trinajstić information content (AvgIpc) is 2.00. The second-order valence-corrected chi connectivity index (χ2v) is 3.21. The number of hydrogen-bond donors (Lipinski definition) is 1. The van der Waals surface area contributed by atoms with E-state index in [9.17, 15) is 0 Å². The van der Waals surface area contributed by atoms with Crippen LogP contribution in [0.4, 0.5) is 0 Å². The van der Waals surface area contributed by atoms with Crippen LogP contribution in [0.5, 0.6) is 0 Å². The predicted octanol–water partition coefficient (Wildman–Crippen LogP) is 1.45. The summed E-state index contributed by atoms with van der Waals surface area (Å²) in [6.07, 6.45) is 0. The van der Waals surface area contributed by atoms with Crippen molar-refractivity contribution in [1.82, 2.24) is 10.2 Å². The van der Waals surface area contributed by atoms with Gasteiger partial charge in [0, 0.05) is 24.8 Å². The van der Waals surface area contributed by atoms with Gasteiger partial charge in [0.05, 0.1) is 0 Å². The zero-order chi connectivity index (χ0) is 9.02. The fraction of sp³-hybridized carbons (Fsp3) is 0.778. The van der Waals surface area contributed by atoms with Crippen LogP contribution in [-0.2, 0) is 0 Å². The first-order chi connectivity index (χ1) is 5.00. The molecule has 1 N–H and O–H groups in total. The van der Waals surface area contributed by atoms with Crippen molar-refractivity contribution in [1.29, 1.82) is 0 Å². The van der Waals surface area contributed by atoms with Crippen LogP contribution in [0.25, 0.3) is 0 Å². The molecule has 0 saturated carbocycles. The molecule has 2 heteroatoms.